The summed E-state index contributed by atoms with van der Waals surface area (Å²) in [5, 5.41) is 1.10. The van der Waals surface area contributed by atoms with Gasteiger partial charge in [-0.1, -0.05) is 23.2 Å². The van der Waals surface area contributed by atoms with E-state index in [1.54, 1.807) is 54.7 Å². The van der Waals surface area contributed by atoms with Crippen molar-refractivity contribution in [2.75, 3.05) is 0 Å². The van der Waals surface area contributed by atoms with Crippen LogP contribution >= 0.6 is 23.2 Å². The van der Waals surface area contributed by atoms with Gasteiger partial charge in [-0.05, 0) is 78.4 Å². The Hall–Kier alpha value is -2.34. The highest BCUT2D eigenvalue weighted by Gasteiger charge is 2.16. The molecule has 0 amide bonds. The van der Waals surface area contributed by atoms with Crippen molar-refractivity contribution in [2.45, 2.75) is 4.90 Å². The lowest BCUT2D eigenvalue weighted by atomic mass is 10.2. The molecule has 0 saturated carbocycles. The molecule has 3 aromatic rings. The van der Waals surface area contributed by atoms with Crippen LogP contribution in [0.15, 0.2) is 82.7 Å². The minimum absolute atomic E-state index is 0.0373. The van der Waals surface area contributed by atoms with Crippen molar-refractivity contribution < 1.29 is 12.6 Å². The Morgan fingerprint density at radius 1 is 0.769 bits per heavy atom. The molecular weight excluding hydrogens is 393 g/mol. The third kappa shape index (κ3) is 4.85. The zero-order chi connectivity index (χ0) is 18.6. The lowest BCUT2D eigenvalue weighted by molar-refractivity contribution is 0.486. The number of aliphatic imine (C=N–C) groups is 1. The van der Waals surface area contributed by atoms with Gasteiger partial charge in [0.15, 0.2) is 0 Å². The van der Waals surface area contributed by atoms with E-state index in [0.717, 1.165) is 11.3 Å². The molecule has 26 heavy (non-hydrogen) atoms. The molecule has 0 aliphatic rings. The molecule has 0 aromatic heterocycles. The molecule has 7 heteroatoms. The van der Waals surface area contributed by atoms with Crippen LogP contribution in [0.25, 0.3) is 0 Å². The highest BCUT2D eigenvalue weighted by atomic mass is 35.5. The van der Waals surface area contributed by atoms with Crippen LogP contribution in [0.3, 0.4) is 0 Å². The summed E-state index contributed by atoms with van der Waals surface area (Å²) in [6, 6.07) is 19.5. The lowest BCUT2D eigenvalue weighted by Gasteiger charge is -2.07. The minimum atomic E-state index is -3.91. The Labute approximate surface area is 161 Å². The number of nitrogens with zero attached hydrogens (tertiary/aromatic N) is 1. The van der Waals surface area contributed by atoms with Crippen molar-refractivity contribution in [3.05, 3.63) is 88.4 Å². The second-order valence-corrected chi connectivity index (χ2v) is 7.71. The van der Waals surface area contributed by atoms with Crippen LogP contribution in [0.5, 0.6) is 5.75 Å². The van der Waals surface area contributed by atoms with E-state index in [9.17, 15) is 8.42 Å². The topological polar surface area (TPSA) is 55.7 Å². The Bertz CT molecular complexity index is 1010. The summed E-state index contributed by atoms with van der Waals surface area (Å²) in [4.78, 5) is 4.36. The molecule has 132 valence electrons. The number of hydrogen-bond acceptors (Lipinski definition) is 4. The van der Waals surface area contributed by atoms with E-state index >= 15 is 0 Å². The molecule has 0 saturated heterocycles. The Balaban J connectivity index is 1.71. The molecule has 0 fully saturated rings. The van der Waals surface area contributed by atoms with Crippen LogP contribution in [0.4, 0.5) is 5.69 Å². The van der Waals surface area contributed by atoms with Crippen molar-refractivity contribution in [1.82, 2.24) is 0 Å². The highest BCUT2D eigenvalue weighted by molar-refractivity contribution is 7.87. The molecule has 0 atom stereocenters. The fourth-order valence-electron chi connectivity index (χ4n) is 2.06. The van der Waals surface area contributed by atoms with Crippen LogP contribution in [0, 0.1) is 0 Å². The van der Waals surface area contributed by atoms with Crippen LogP contribution in [-0.2, 0) is 10.1 Å². The summed E-state index contributed by atoms with van der Waals surface area (Å²) in [7, 11) is -3.91. The Kier molecular flexibility index (Phi) is 5.61. The predicted octanol–water partition coefficient (Wildman–Crippen LogP) is 5.51. The molecule has 0 aliphatic carbocycles. The van der Waals surface area contributed by atoms with Gasteiger partial charge in [-0.2, -0.15) is 8.42 Å². The van der Waals surface area contributed by atoms with Crippen molar-refractivity contribution in [3.63, 3.8) is 0 Å². The molecule has 0 unspecified atom stereocenters. The third-order valence-electron chi connectivity index (χ3n) is 3.38. The predicted molar refractivity (Wildman–Crippen MR) is 104 cm³/mol. The standard InChI is InChI=1S/C19H13Cl2NO3S/c20-15-3-7-17(8-4-15)22-13-14-1-9-18(10-2-14)25-26(23,24)19-11-5-16(21)6-12-19/h1-13H. The molecule has 0 heterocycles. The van der Waals surface area contributed by atoms with Crippen molar-refractivity contribution >= 4 is 45.2 Å². The van der Waals surface area contributed by atoms with Gasteiger partial charge in [0.25, 0.3) is 0 Å². The van der Waals surface area contributed by atoms with E-state index in [1.165, 1.54) is 24.3 Å². The quantitative estimate of drug-likeness (QED) is 0.415. The maximum Gasteiger partial charge on any atom is 0.339 e. The average Bonchev–Trinajstić information content (AvgIpc) is 2.62. The molecule has 0 N–H and O–H groups in total. The maximum absolute atomic E-state index is 12.2. The minimum Gasteiger partial charge on any atom is -0.379 e. The molecule has 3 rings (SSSR count). The smallest absolute Gasteiger partial charge is 0.339 e. The normalized spacial score (nSPS) is 11.6. The van der Waals surface area contributed by atoms with E-state index in [4.69, 9.17) is 27.4 Å². The number of benzene rings is 3. The monoisotopic (exact) mass is 405 g/mol. The summed E-state index contributed by atoms with van der Waals surface area (Å²) < 4.78 is 29.6. The van der Waals surface area contributed by atoms with Crippen LogP contribution in [0.1, 0.15) is 5.56 Å². The molecule has 0 aliphatic heterocycles. The third-order valence-corrected chi connectivity index (χ3v) is 5.14. The van der Waals surface area contributed by atoms with Crippen LogP contribution in [-0.4, -0.2) is 14.6 Å². The van der Waals surface area contributed by atoms with E-state index in [0.29, 0.717) is 10.0 Å². The fourth-order valence-corrected chi connectivity index (χ4v) is 3.24. The van der Waals surface area contributed by atoms with E-state index in [-0.39, 0.29) is 10.6 Å². The van der Waals surface area contributed by atoms with Crippen molar-refractivity contribution in [3.8, 4) is 5.75 Å². The number of halogens is 2. The first-order valence-electron chi connectivity index (χ1n) is 7.52. The molecule has 0 radical (unpaired) electrons. The summed E-state index contributed by atoms with van der Waals surface area (Å²) in [6.45, 7) is 0. The van der Waals surface area contributed by atoms with Gasteiger partial charge < -0.3 is 4.18 Å². The molecule has 3 aromatic carbocycles. The Morgan fingerprint density at radius 2 is 1.31 bits per heavy atom. The van der Waals surface area contributed by atoms with Gasteiger partial charge in [0.05, 0.1) is 5.69 Å². The molecular formula is C19H13Cl2NO3S. The van der Waals surface area contributed by atoms with Crippen LogP contribution in [0.2, 0.25) is 10.0 Å². The lowest BCUT2D eigenvalue weighted by Crippen LogP contribution is -2.09. The highest BCUT2D eigenvalue weighted by Crippen LogP contribution is 2.21. The zero-order valence-electron chi connectivity index (χ0n) is 13.3. The summed E-state index contributed by atoms with van der Waals surface area (Å²) in [5.41, 5.74) is 1.57. The Morgan fingerprint density at radius 3 is 1.88 bits per heavy atom. The largest absolute Gasteiger partial charge is 0.379 e. The second-order valence-electron chi connectivity index (χ2n) is 5.30. The summed E-state index contributed by atoms with van der Waals surface area (Å²) >= 11 is 11.6. The summed E-state index contributed by atoms with van der Waals surface area (Å²) in [5.74, 6) is 0.212. The molecule has 0 spiro atoms. The maximum atomic E-state index is 12.2. The fraction of sp³-hybridized carbons (Fsp3) is 0. The first-order chi connectivity index (χ1) is 12.4. The molecule has 0 bridgehead atoms. The van der Waals surface area contributed by atoms with Crippen molar-refractivity contribution in [2.24, 2.45) is 4.99 Å². The molecule has 4 nitrogen and oxygen atoms in total. The van der Waals surface area contributed by atoms with E-state index in [1.807, 2.05) is 0 Å². The van der Waals surface area contributed by atoms with Gasteiger partial charge in [0.2, 0.25) is 0 Å². The number of rotatable bonds is 5. The van der Waals surface area contributed by atoms with Gasteiger partial charge in [-0.3, -0.25) is 4.99 Å². The average molecular weight is 406 g/mol. The van der Waals surface area contributed by atoms with Gasteiger partial charge in [-0.15, -0.1) is 0 Å². The number of hydrogen-bond donors (Lipinski definition) is 0. The van der Waals surface area contributed by atoms with Gasteiger partial charge in [-0.25, -0.2) is 0 Å². The van der Waals surface area contributed by atoms with E-state index in [2.05, 4.69) is 4.99 Å². The first-order valence-corrected chi connectivity index (χ1v) is 9.68. The van der Waals surface area contributed by atoms with E-state index < -0.39 is 10.1 Å². The SMILES string of the molecule is O=S(=O)(Oc1ccc(C=Nc2ccc(Cl)cc2)cc1)c1ccc(Cl)cc1. The van der Waals surface area contributed by atoms with Crippen LogP contribution < -0.4 is 4.18 Å². The first kappa shape index (κ1) is 18.5. The van der Waals surface area contributed by atoms with Gasteiger partial charge >= 0.3 is 10.1 Å². The van der Waals surface area contributed by atoms with Gasteiger partial charge in [0.1, 0.15) is 10.6 Å². The second kappa shape index (κ2) is 7.91. The van der Waals surface area contributed by atoms with Crippen molar-refractivity contribution in [1.29, 1.82) is 0 Å². The zero-order valence-corrected chi connectivity index (χ0v) is 15.7. The summed E-state index contributed by atoms with van der Waals surface area (Å²) in [6.07, 6.45) is 1.67. The van der Waals surface area contributed by atoms with Gasteiger partial charge in [0, 0.05) is 16.3 Å².